The second-order valence-corrected chi connectivity index (χ2v) is 5.00. The summed E-state index contributed by atoms with van der Waals surface area (Å²) in [7, 11) is 0. The Balaban J connectivity index is 1.89. The Bertz CT molecular complexity index is 845. The Morgan fingerprint density at radius 1 is 1.17 bits per heavy atom. The molecule has 0 unspecified atom stereocenters. The highest BCUT2D eigenvalue weighted by Crippen LogP contribution is 2.19. The summed E-state index contributed by atoms with van der Waals surface area (Å²) in [6.45, 7) is 0. The van der Waals surface area contributed by atoms with Gasteiger partial charge in [0, 0.05) is 6.20 Å². The minimum absolute atomic E-state index is 0.211. The van der Waals surface area contributed by atoms with Crippen molar-refractivity contribution < 1.29 is 14.7 Å². The van der Waals surface area contributed by atoms with E-state index in [0.29, 0.717) is 11.0 Å². The lowest BCUT2D eigenvalue weighted by molar-refractivity contribution is -0.137. The van der Waals surface area contributed by atoms with Gasteiger partial charge in [0.1, 0.15) is 17.7 Å². The van der Waals surface area contributed by atoms with Gasteiger partial charge in [-0.1, -0.05) is 30.3 Å². The molecule has 0 spiro atoms. The number of aromatic nitrogens is 3. The van der Waals surface area contributed by atoms with Crippen molar-refractivity contribution >= 4 is 22.9 Å². The van der Waals surface area contributed by atoms with E-state index in [-0.39, 0.29) is 12.1 Å². The van der Waals surface area contributed by atoms with Crippen LogP contribution < -0.4 is 5.32 Å². The van der Waals surface area contributed by atoms with Gasteiger partial charge in [-0.15, -0.1) is 0 Å². The molecule has 7 nitrogen and oxygen atoms in total. The predicted octanol–water partition coefficient (Wildman–Crippen LogP) is 1.90. The molecule has 0 saturated heterocycles. The number of nitrogens with zero attached hydrogens (tertiary/aromatic N) is 2. The van der Waals surface area contributed by atoms with Crippen molar-refractivity contribution in [2.75, 3.05) is 0 Å². The van der Waals surface area contributed by atoms with Crippen molar-refractivity contribution in [2.45, 2.75) is 12.5 Å². The van der Waals surface area contributed by atoms with Gasteiger partial charge in [-0.05, 0) is 11.6 Å². The number of fused-ring (bicyclic) bond motifs is 1. The predicted molar refractivity (Wildman–Crippen MR) is 82.8 cm³/mol. The Hall–Kier alpha value is -3.22. The first kappa shape index (κ1) is 14.7. The van der Waals surface area contributed by atoms with E-state index in [2.05, 4.69) is 20.3 Å². The first-order valence-corrected chi connectivity index (χ1v) is 7.01. The van der Waals surface area contributed by atoms with Crippen LogP contribution in [0, 0.1) is 0 Å². The van der Waals surface area contributed by atoms with Gasteiger partial charge < -0.3 is 15.4 Å². The maximum absolute atomic E-state index is 12.5. The molecule has 2 aromatic heterocycles. The fraction of sp³-hybridized carbons (Fsp3) is 0.125. The molecule has 2 heterocycles. The molecule has 1 atom stereocenters. The van der Waals surface area contributed by atoms with E-state index in [9.17, 15) is 9.59 Å². The van der Waals surface area contributed by atoms with Crippen LogP contribution in [-0.4, -0.2) is 31.9 Å². The van der Waals surface area contributed by atoms with Crippen molar-refractivity contribution in [1.82, 2.24) is 20.3 Å². The number of carboxylic acid groups (broad SMARTS) is 1. The van der Waals surface area contributed by atoms with Crippen LogP contribution in [0.25, 0.3) is 11.0 Å². The molecule has 0 aliphatic carbocycles. The van der Waals surface area contributed by atoms with E-state index in [1.807, 2.05) is 6.07 Å². The lowest BCUT2D eigenvalue weighted by atomic mass is 10.0. The first-order chi connectivity index (χ1) is 11.1. The minimum Gasteiger partial charge on any atom is -0.481 e. The lowest BCUT2D eigenvalue weighted by Gasteiger charge is -2.17. The van der Waals surface area contributed by atoms with Gasteiger partial charge in [0.2, 0.25) is 0 Å². The standard InChI is InChI=1S/C16H14N4O3/c21-13(22)8-12(10-4-2-1-3-5-10)20-16(23)14-11-6-7-17-15(11)19-9-18-14/h1-7,9,12H,8H2,(H,20,23)(H,21,22)(H,17,18,19)/t12-/m0/s1. The molecule has 0 aliphatic heterocycles. The first-order valence-electron chi connectivity index (χ1n) is 7.01. The fourth-order valence-corrected chi connectivity index (χ4v) is 2.39. The highest BCUT2D eigenvalue weighted by Gasteiger charge is 2.21. The minimum atomic E-state index is -0.992. The summed E-state index contributed by atoms with van der Waals surface area (Å²) in [5.41, 5.74) is 1.49. The largest absolute Gasteiger partial charge is 0.481 e. The van der Waals surface area contributed by atoms with Crippen LogP contribution in [0.4, 0.5) is 0 Å². The molecule has 23 heavy (non-hydrogen) atoms. The van der Waals surface area contributed by atoms with Gasteiger partial charge in [-0.3, -0.25) is 9.59 Å². The molecule has 7 heteroatoms. The highest BCUT2D eigenvalue weighted by molar-refractivity contribution is 6.03. The molecule has 0 bridgehead atoms. The normalized spacial score (nSPS) is 12.0. The molecule has 3 aromatic rings. The van der Waals surface area contributed by atoms with E-state index in [1.54, 1.807) is 36.5 Å². The van der Waals surface area contributed by atoms with E-state index in [1.165, 1.54) is 6.33 Å². The van der Waals surface area contributed by atoms with Crippen LogP contribution in [0.5, 0.6) is 0 Å². The van der Waals surface area contributed by atoms with Gasteiger partial charge in [0.25, 0.3) is 5.91 Å². The summed E-state index contributed by atoms with van der Waals surface area (Å²) in [6.07, 6.45) is 2.75. The lowest BCUT2D eigenvalue weighted by Crippen LogP contribution is -2.31. The van der Waals surface area contributed by atoms with Crippen LogP contribution in [0.1, 0.15) is 28.5 Å². The number of nitrogens with one attached hydrogen (secondary N) is 2. The summed E-state index contributed by atoms with van der Waals surface area (Å²) in [5, 5.41) is 12.4. The summed E-state index contributed by atoms with van der Waals surface area (Å²) in [5.74, 6) is -1.43. The number of carbonyl (C=O) groups excluding carboxylic acids is 1. The number of carbonyl (C=O) groups is 2. The van der Waals surface area contributed by atoms with Gasteiger partial charge >= 0.3 is 5.97 Å². The molecule has 0 radical (unpaired) electrons. The third kappa shape index (κ3) is 3.18. The number of aliphatic carboxylic acids is 1. The third-order valence-corrected chi connectivity index (χ3v) is 3.46. The summed E-state index contributed by atoms with van der Waals surface area (Å²) < 4.78 is 0. The second-order valence-electron chi connectivity index (χ2n) is 5.00. The van der Waals surface area contributed by atoms with Gasteiger partial charge in [-0.2, -0.15) is 0 Å². The SMILES string of the molecule is O=C(O)C[C@H](NC(=O)c1ncnc2[nH]ccc12)c1ccccc1. The number of rotatable bonds is 5. The Morgan fingerprint density at radius 3 is 2.70 bits per heavy atom. The second kappa shape index (κ2) is 6.27. The Labute approximate surface area is 131 Å². The maximum atomic E-state index is 12.5. The molecule has 1 amide bonds. The zero-order valence-corrected chi connectivity index (χ0v) is 12.1. The Kier molecular flexibility index (Phi) is 4.01. The maximum Gasteiger partial charge on any atom is 0.305 e. The molecule has 0 fully saturated rings. The number of aromatic amines is 1. The van der Waals surface area contributed by atoms with Crippen LogP contribution in [0.15, 0.2) is 48.9 Å². The molecular weight excluding hydrogens is 296 g/mol. The van der Waals surface area contributed by atoms with Crippen molar-refractivity contribution in [1.29, 1.82) is 0 Å². The average molecular weight is 310 g/mol. The molecule has 3 N–H and O–H groups in total. The monoisotopic (exact) mass is 310 g/mol. The highest BCUT2D eigenvalue weighted by atomic mass is 16.4. The zero-order valence-electron chi connectivity index (χ0n) is 12.1. The van der Waals surface area contributed by atoms with E-state index >= 15 is 0 Å². The summed E-state index contributed by atoms with van der Waals surface area (Å²) in [4.78, 5) is 34.6. The van der Waals surface area contributed by atoms with Crippen LogP contribution in [-0.2, 0) is 4.79 Å². The van der Waals surface area contributed by atoms with Crippen LogP contribution in [0.2, 0.25) is 0 Å². The summed E-state index contributed by atoms with van der Waals surface area (Å²) >= 11 is 0. The van der Waals surface area contributed by atoms with Crippen molar-refractivity contribution in [3.05, 3.63) is 60.2 Å². The van der Waals surface area contributed by atoms with Crippen molar-refractivity contribution in [3.8, 4) is 0 Å². The van der Waals surface area contributed by atoms with Gasteiger partial charge in [-0.25, -0.2) is 9.97 Å². The molecule has 0 aliphatic rings. The number of H-pyrrole nitrogens is 1. The van der Waals surface area contributed by atoms with Crippen molar-refractivity contribution in [2.24, 2.45) is 0 Å². The van der Waals surface area contributed by atoms with E-state index in [4.69, 9.17) is 5.11 Å². The van der Waals surface area contributed by atoms with E-state index < -0.39 is 17.9 Å². The average Bonchev–Trinajstić information content (AvgIpc) is 3.03. The smallest absolute Gasteiger partial charge is 0.305 e. The fourth-order valence-electron chi connectivity index (χ4n) is 2.39. The molecule has 116 valence electrons. The van der Waals surface area contributed by atoms with E-state index in [0.717, 1.165) is 5.56 Å². The molecule has 1 aromatic carbocycles. The number of carboxylic acids is 1. The van der Waals surface area contributed by atoms with Crippen LogP contribution in [0.3, 0.4) is 0 Å². The number of hydrogen-bond acceptors (Lipinski definition) is 4. The summed E-state index contributed by atoms with van der Waals surface area (Å²) in [6, 6.07) is 10.1. The molecule has 3 rings (SSSR count). The van der Waals surface area contributed by atoms with Crippen LogP contribution >= 0.6 is 0 Å². The number of benzene rings is 1. The third-order valence-electron chi connectivity index (χ3n) is 3.46. The zero-order chi connectivity index (χ0) is 16.2. The van der Waals surface area contributed by atoms with Gasteiger partial charge in [0.15, 0.2) is 0 Å². The van der Waals surface area contributed by atoms with Crippen molar-refractivity contribution in [3.63, 3.8) is 0 Å². The Morgan fingerprint density at radius 2 is 1.96 bits per heavy atom. The molecular formula is C16H14N4O3. The molecule has 0 saturated carbocycles. The number of amides is 1. The topological polar surface area (TPSA) is 108 Å². The number of hydrogen-bond donors (Lipinski definition) is 3. The van der Waals surface area contributed by atoms with Gasteiger partial charge in [0.05, 0.1) is 17.8 Å². The quantitative estimate of drug-likeness (QED) is 0.667.